The largest absolute Gasteiger partial charge is 0.347 e. The molecule has 0 N–H and O–H groups in total. The normalized spacial score (nSPS) is 12.4. The van der Waals surface area contributed by atoms with Crippen molar-refractivity contribution in [2.75, 3.05) is 0 Å². The molecular formula is C11H10F2N4. The van der Waals surface area contributed by atoms with Gasteiger partial charge >= 0.3 is 0 Å². The van der Waals surface area contributed by atoms with Crippen LogP contribution in [0.1, 0.15) is 6.92 Å². The topological polar surface area (TPSA) is 53.7 Å². The summed E-state index contributed by atoms with van der Waals surface area (Å²) in [7, 11) is 0. The Kier molecular flexibility index (Phi) is 2.97. The van der Waals surface area contributed by atoms with Crippen molar-refractivity contribution in [1.29, 1.82) is 0 Å². The molecule has 0 saturated carbocycles. The lowest BCUT2D eigenvalue weighted by Gasteiger charge is -2.08. The second kappa shape index (κ2) is 4.43. The minimum absolute atomic E-state index is 0.247. The number of azide groups is 1. The molecule has 2 aromatic rings. The van der Waals surface area contributed by atoms with Gasteiger partial charge in [-0.15, -0.1) is 0 Å². The van der Waals surface area contributed by atoms with Crippen molar-refractivity contribution in [3.05, 3.63) is 46.5 Å². The van der Waals surface area contributed by atoms with Crippen molar-refractivity contribution in [3.63, 3.8) is 0 Å². The van der Waals surface area contributed by atoms with Gasteiger partial charge in [-0.1, -0.05) is 12.0 Å². The summed E-state index contributed by atoms with van der Waals surface area (Å²) in [6.45, 7) is 2.18. The number of nitrogens with zero attached hydrogens (tertiary/aromatic N) is 4. The van der Waals surface area contributed by atoms with E-state index >= 15 is 0 Å². The number of halogens is 2. The highest BCUT2D eigenvalue weighted by atomic mass is 19.2. The third-order valence-corrected chi connectivity index (χ3v) is 2.52. The summed E-state index contributed by atoms with van der Waals surface area (Å²) >= 11 is 0. The zero-order chi connectivity index (χ0) is 12.4. The van der Waals surface area contributed by atoms with Gasteiger partial charge in [0.2, 0.25) is 0 Å². The van der Waals surface area contributed by atoms with E-state index in [1.165, 1.54) is 0 Å². The molecule has 4 nitrogen and oxygen atoms in total. The van der Waals surface area contributed by atoms with E-state index in [2.05, 4.69) is 10.0 Å². The smallest absolute Gasteiger partial charge is 0.160 e. The van der Waals surface area contributed by atoms with Crippen LogP contribution in [-0.4, -0.2) is 10.6 Å². The van der Waals surface area contributed by atoms with Crippen LogP contribution in [0, 0.1) is 11.6 Å². The van der Waals surface area contributed by atoms with Gasteiger partial charge in [0.1, 0.15) is 0 Å². The standard InChI is InChI=1S/C11H10F2N4/c1-7(15-16-14)6-17-3-2-8-4-9(12)10(13)5-11(8)17/h2-5,7H,6H2,1H3. The average molecular weight is 236 g/mol. The van der Waals surface area contributed by atoms with Crippen molar-refractivity contribution in [2.24, 2.45) is 5.11 Å². The summed E-state index contributed by atoms with van der Waals surface area (Å²) < 4.78 is 27.8. The average Bonchev–Trinajstić information content (AvgIpc) is 2.63. The summed E-state index contributed by atoms with van der Waals surface area (Å²) in [4.78, 5) is 2.71. The van der Waals surface area contributed by atoms with E-state index in [-0.39, 0.29) is 6.04 Å². The molecule has 1 unspecified atom stereocenters. The minimum atomic E-state index is -0.881. The van der Waals surface area contributed by atoms with Crippen molar-refractivity contribution in [1.82, 2.24) is 4.57 Å². The Bertz CT molecular complexity index is 599. The molecule has 1 atom stereocenters. The molecule has 0 aliphatic rings. The quantitative estimate of drug-likeness (QED) is 0.444. The molecule has 0 radical (unpaired) electrons. The zero-order valence-electron chi connectivity index (χ0n) is 9.14. The Hall–Kier alpha value is -2.07. The van der Waals surface area contributed by atoms with Crippen molar-refractivity contribution >= 4 is 10.9 Å². The molecule has 2 rings (SSSR count). The fraction of sp³-hybridized carbons (Fsp3) is 0.273. The molecule has 88 valence electrons. The predicted molar refractivity (Wildman–Crippen MR) is 60.5 cm³/mol. The molecule has 0 saturated heterocycles. The van der Waals surface area contributed by atoms with Crippen LogP contribution >= 0.6 is 0 Å². The van der Waals surface area contributed by atoms with Crippen LogP contribution in [-0.2, 0) is 6.54 Å². The zero-order valence-corrected chi connectivity index (χ0v) is 9.14. The molecule has 0 bridgehead atoms. The van der Waals surface area contributed by atoms with Crippen LogP contribution in [0.5, 0.6) is 0 Å². The van der Waals surface area contributed by atoms with Gasteiger partial charge in [0.15, 0.2) is 11.6 Å². The van der Waals surface area contributed by atoms with E-state index in [1.54, 1.807) is 23.8 Å². The highest BCUT2D eigenvalue weighted by Gasteiger charge is 2.09. The van der Waals surface area contributed by atoms with E-state index in [9.17, 15) is 8.78 Å². The first-order chi connectivity index (χ1) is 8.11. The molecule has 0 spiro atoms. The Morgan fingerprint density at radius 3 is 2.82 bits per heavy atom. The van der Waals surface area contributed by atoms with Gasteiger partial charge in [0, 0.05) is 29.1 Å². The molecule has 0 fully saturated rings. The van der Waals surface area contributed by atoms with Gasteiger partial charge in [0.25, 0.3) is 0 Å². The number of aromatic nitrogens is 1. The van der Waals surface area contributed by atoms with Crippen LogP contribution in [0.3, 0.4) is 0 Å². The lowest BCUT2D eigenvalue weighted by atomic mass is 10.2. The number of rotatable bonds is 3. The molecule has 1 aromatic heterocycles. The van der Waals surface area contributed by atoms with Crippen LogP contribution in [0.15, 0.2) is 29.5 Å². The monoisotopic (exact) mass is 236 g/mol. The van der Waals surface area contributed by atoms with Gasteiger partial charge in [0.05, 0.1) is 11.6 Å². The van der Waals surface area contributed by atoms with Crippen LogP contribution < -0.4 is 0 Å². The number of benzene rings is 1. The predicted octanol–water partition coefficient (Wildman–Crippen LogP) is 3.62. The Labute approximate surface area is 96.1 Å². The highest BCUT2D eigenvalue weighted by molar-refractivity contribution is 5.80. The van der Waals surface area contributed by atoms with E-state index in [0.29, 0.717) is 17.4 Å². The molecule has 1 aromatic carbocycles. The fourth-order valence-electron chi connectivity index (χ4n) is 1.75. The molecule has 1 heterocycles. The van der Waals surface area contributed by atoms with E-state index < -0.39 is 11.6 Å². The first-order valence-electron chi connectivity index (χ1n) is 5.10. The SMILES string of the molecule is CC(Cn1ccc2cc(F)c(F)cc21)N=[N+]=[N-]. The first kappa shape index (κ1) is 11.4. The Balaban J connectivity index is 2.42. The van der Waals surface area contributed by atoms with Gasteiger partial charge in [-0.2, -0.15) is 0 Å². The van der Waals surface area contributed by atoms with Gasteiger partial charge in [-0.05, 0) is 17.7 Å². The van der Waals surface area contributed by atoms with E-state index in [1.807, 2.05) is 0 Å². The molecular weight excluding hydrogens is 226 g/mol. The second-order valence-electron chi connectivity index (χ2n) is 3.85. The first-order valence-corrected chi connectivity index (χ1v) is 5.10. The molecule has 0 aliphatic heterocycles. The molecule has 6 heteroatoms. The van der Waals surface area contributed by atoms with Gasteiger partial charge in [-0.3, -0.25) is 0 Å². The highest BCUT2D eigenvalue weighted by Crippen LogP contribution is 2.20. The summed E-state index contributed by atoms with van der Waals surface area (Å²) in [6.07, 6.45) is 1.72. The van der Waals surface area contributed by atoms with Gasteiger partial charge in [-0.25, -0.2) is 8.78 Å². The maximum atomic E-state index is 13.1. The number of fused-ring (bicyclic) bond motifs is 1. The van der Waals surface area contributed by atoms with Gasteiger partial charge < -0.3 is 4.57 Å². The lowest BCUT2D eigenvalue weighted by molar-refractivity contribution is 0.510. The van der Waals surface area contributed by atoms with Crippen molar-refractivity contribution in [2.45, 2.75) is 19.5 Å². The van der Waals surface area contributed by atoms with Crippen LogP contribution in [0.25, 0.3) is 21.3 Å². The lowest BCUT2D eigenvalue weighted by Crippen LogP contribution is -2.08. The summed E-state index contributed by atoms with van der Waals surface area (Å²) in [5.74, 6) is -1.74. The van der Waals surface area contributed by atoms with Crippen LogP contribution in [0.4, 0.5) is 8.78 Å². The molecule has 17 heavy (non-hydrogen) atoms. The molecule has 0 aliphatic carbocycles. The van der Waals surface area contributed by atoms with Crippen molar-refractivity contribution in [3.8, 4) is 0 Å². The Morgan fingerprint density at radius 1 is 1.41 bits per heavy atom. The maximum Gasteiger partial charge on any atom is 0.160 e. The summed E-state index contributed by atoms with van der Waals surface area (Å²) in [5, 5.41) is 4.16. The van der Waals surface area contributed by atoms with Crippen molar-refractivity contribution < 1.29 is 8.78 Å². The minimum Gasteiger partial charge on any atom is -0.347 e. The number of hydrogen-bond donors (Lipinski definition) is 0. The summed E-state index contributed by atoms with van der Waals surface area (Å²) in [6, 6.07) is 3.75. The molecule has 0 amide bonds. The third kappa shape index (κ3) is 2.21. The maximum absolute atomic E-state index is 13.1. The Morgan fingerprint density at radius 2 is 2.12 bits per heavy atom. The fourth-order valence-corrected chi connectivity index (χ4v) is 1.75. The number of hydrogen-bond acceptors (Lipinski definition) is 1. The summed E-state index contributed by atoms with van der Waals surface area (Å²) in [5.41, 5.74) is 8.89. The van der Waals surface area contributed by atoms with E-state index in [4.69, 9.17) is 5.53 Å². The van der Waals surface area contributed by atoms with Crippen LogP contribution in [0.2, 0.25) is 0 Å². The van der Waals surface area contributed by atoms with E-state index in [0.717, 1.165) is 12.1 Å². The second-order valence-corrected chi connectivity index (χ2v) is 3.85. The third-order valence-electron chi connectivity index (χ3n) is 2.52.